The minimum absolute atomic E-state index is 0.0441. The molecule has 2 heterocycles. The molecule has 0 spiro atoms. The molecule has 3 N–H and O–H groups in total. The van der Waals surface area contributed by atoms with Gasteiger partial charge < -0.3 is 15.1 Å². The van der Waals surface area contributed by atoms with Gasteiger partial charge in [0.25, 0.3) is 5.91 Å². The Morgan fingerprint density at radius 1 is 1.24 bits per heavy atom. The van der Waals surface area contributed by atoms with Gasteiger partial charge in [-0.1, -0.05) is 36.4 Å². The summed E-state index contributed by atoms with van der Waals surface area (Å²) >= 11 is 0. The van der Waals surface area contributed by atoms with Gasteiger partial charge in [0.2, 0.25) is 0 Å². The molecule has 134 valence electrons. The molecule has 6 heteroatoms. The highest BCUT2D eigenvalue weighted by atomic mass is 16.2. The summed E-state index contributed by atoms with van der Waals surface area (Å²) in [6.45, 7) is 8.07. The predicted molar refractivity (Wildman–Crippen MR) is 96.3 cm³/mol. The van der Waals surface area contributed by atoms with Crippen molar-refractivity contribution in [3.8, 4) is 0 Å². The summed E-state index contributed by atoms with van der Waals surface area (Å²) < 4.78 is 0. The molecule has 0 bridgehead atoms. The second-order valence-corrected chi connectivity index (χ2v) is 6.87. The van der Waals surface area contributed by atoms with Crippen LogP contribution in [0.4, 0.5) is 4.79 Å². The summed E-state index contributed by atoms with van der Waals surface area (Å²) in [7, 11) is 0. The standard InChI is InChI=1S/C19H26N4O2/c1-16(18(24)23-11-9-20-19(23)25)22-14-12-21(13-15-22)10-5-8-17-6-3-2-4-7-17/h2-8,16H,9-15H2,1H3,(H,20,25)/p+2/b8-5+/t16-/m1/s1. The Morgan fingerprint density at radius 3 is 2.60 bits per heavy atom. The Kier molecular flexibility index (Phi) is 5.83. The zero-order valence-corrected chi connectivity index (χ0v) is 14.8. The highest BCUT2D eigenvalue weighted by Gasteiger charge is 2.37. The third-order valence-corrected chi connectivity index (χ3v) is 5.22. The number of imide groups is 1. The van der Waals surface area contributed by atoms with Crippen molar-refractivity contribution in [2.45, 2.75) is 13.0 Å². The van der Waals surface area contributed by atoms with E-state index in [1.54, 1.807) is 4.90 Å². The van der Waals surface area contributed by atoms with Crippen molar-refractivity contribution in [3.05, 3.63) is 42.0 Å². The molecule has 1 aromatic rings. The average Bonchev–Trinajstić information content (AvgIpc) is 3.08. The van der Waals surface area contributed by atoms with Crippen molar-refractivity contribution < 1.29 is 19.4 Å². The van der Waals surface area contributed by atoms with Crippen LogP contribution in [0.2, 0.25) is 0 Å². The molecule has 0 radical (unpaired) electrons. The van der Waals surface area contributed by atoms with Gasteiger partial charge in [-0.15, -0.1) is 0 Å². The maximum atomic E-state index is 12.5. The number of rotatable bonds is 5. The topological polar surface area (TPSA) is 58.3 Å². The fourth-order valence-electron chi connectivity index (χ4n) is 3.58. The van der Waals surface area contributed by atoms with Gasteiger partial charge in [0.05, 0.1) is 6.54 Å². The third kappa shape index (κ3) is 4.46. The van der Waals surface area contributed by atoms with Crippen molar-refractivity contribution in [1.29, 1.82) is 0 Å². The van der Waals surface area contributed by atoms with Crippen LogP contribution < -0.4 is 15.1 Å². The first-order chi connectivity index (χ1) is 12.1. The van der Waals surface area contributed by atoms with E-state index in [4.69, 9.17) is 0 Å². The van der Waals surface area contributed by atoms with Crippen LogP contribution in [-0.2, 0) is 4.79 Å². The van der Waals surface area contributed by atoms with Crippen LogP contribution >= 0.6 is 0 Å². The molecule has 2 saturated heterocycles. The molecule has 0 saturated carbocycles. The monoisotopic (exact) mass is 344 g/mol. The molecular formula is C19H28N4O2+2. The van der Waals surface area contributed by atoms with E-state index in [1.165, 1.54) is 15.4 Å². The number of nitrogens with one attached hydrogen (secondary N) is 3. The van der Waals surface area contributed by atoms with Crippen LogP contribution in [0.25, 0.3) is 6.08 Å². The van der Waals surface area contributed by atoms with Gasteiger partial charge in [0.1, 0.15) is 26.2 Å². The van der Waals surface area contributed by atoms with E-state index in [0.717, 1.165) is 32.7 Å². The summed E-state index contributed by atoms with van der Waals surface area (Å²) in [6.07, 6.45) is 4.41. The van der Waals surface area contributed by atoms with E-state index >= 15 is 0 Å². The van der Waals surface area contributed by atoms with Gasteiger partial charge in [-0.05, 0) is 18.6 Å². The summed E-state index contributed by atoms with van der Waals surface area (Å²) in [4.78, 5) is 28.4. The molecule has 2 aliphatic rings. The normalized spacial score (nSPS) is 25.2. The first kappa shape index (κ1) is 17.6. The molecule has 3 rings (SSSR count). The van der Waals surface area contributed by atoms with Crippen LogP contribution in [0, 0.1) is 0 Å². The Hall–Kier alpha value is -2.18. The lowest BCUT2D eigenvalue weighted by Crippen LogP contribution is -3.30. The fourth-order valence-corrected chi connectivity index (χ4v) is 3.58. The van der Waals surface area contributed by atoms with Crippen LogP contribution in [0.1, 0.15) is 12.5 Å². The maximum Gasteiger partial charge on any atom is 0.324 e. The van der Waals surface area contributed by atoms with Gasteiger partial charge >= 0.3 is 6.03 Å². The number of carbonyl (C=O) groups excluding carboxylic acids is 2. The fraction of sp³-hybridized carbons (Fsp3) is 0.474. The van der Waals surface area contributed by atoms with Crippen LogP contribution in [-0.4, -0.2) is 68.7 Å². The Bertz CT molecular complexity index is 624. The number of quaternary nitrogens is 2. The summed E-state index contributed by atoms with van der Waals surface area (Å²) in [6, 6.07) is 9.95. The zero-order valence-electron chi connectivity index (χ0n) is 14.8. The molecule has 1 atom stereocenters. The van der Waals surface area contributed by atoms with Crippen molar-refractivity contribution >= 4 is 18.0 Å². The van der Waals surface area contributed by atoms with Crippen LogP contribution in [0.3, 0.4) is 0 Å². The molecular weight excluding hydrogens is 316 g/mol. The van der Waals surface area contributed by atoms with Crippen LogP contribution in [0.5, 0.6) is 0 Å². The Balaban J connectivity index is 1.44. The van der Waals surface area contributed by atoms with E-state index in [-0.39, 0.29) is 18.0 Å². The van der Waals surface area contributed by atoms with Crippen molar-refractivity contribution in [2.24, 2.45) is 0 Å². The SMILES string of the molecule is C[C@H](C(=O)N1CCNC1=O)[NH+]1CC[NH+](C/C=C/c2ccccc2)CC1. The first-order valence-corrected chi connectivity index (χ1v) is 9.14. The molecule has 3 amide bonds. The molecule has 0 unspecified atom stereocenters. The van der Waals surface area contributed by atoms with Crippen molar-refractivity contribution in [2.75, 3.05) is 45.8 Å². The lowest BCUT2D eigenvalue weighted by Gasteiger charge is -2.33. The number of hydrogen-bond acceptors (Lipinski definition) is 2. The van der Waals surface area contributed by atoms with E-state index in [0.29, 0.717) is 13.1 Å². The third-order valence-electron chi connectivity index (χ3n) is 5.22. The minimum Gasteiger partial charge on any atom is -0.336 e. The van der Waals surface area contributed by atoms with Gasteiger partial charge in [0.15, 0.2) is 6.04 Å². The van der Waals surface area contributed by atoms with Crippen LogP contribution in [0.15, 0.2) is 36.4 Å². The average molecular weight is 344 g/mol. The number of amides is 3. The lowest BCUT2D eigenvalue weighted by atomic mass is 10.2. The number of urea groups is 1. The first-order valence-electron chi connectivity index (χ1n) is 9.14. The van der Waals surface area contributed by atoms with E-state index < -0.39 is 0 Å². The molecule has 25 heavy (non-hydrogen) atoms. The number of carbonyl (C=O) groups is 2. The summed E-state index contributed by atoms with van der Waals surface area (Å²) in [5, 5.41) is 2.70. The van der Waals surface area contributed by atoms with Gasteiger partial charge in [-0.2, -0.15) is 0 Å². The Labute approximate surface area is 149 Å². The second kappa shape index (κ2) is 8.27. The molecule has 6 nitrogen and oxygen atoms in total. The predicted octanol–water partition coefficient (Wildman–Crippen LogP) is -1.58. The second-order valence-electron chi connectivity index (χ2n) is 6.87. The van der Waals surface area contributed by atoms with E-state index in [1.807, 2.05) is 25.1 Å². The van der Waals surface area contributed by atoms with Gasteiger partial charge in [-0.25, -0.2) is 4.79 Å². The van der Waals surface area contributed by atoms with Crippen molar-refractivity contribution in [3.63, 3.8) is 0 Å². The summed E-state index contributed by atoms with van der Waals surface area (Å²) in [5.74, 6) is -0.0441. The lowest BCUT2D eigenvalue weighted by molar-refractivity contribution is -1.02. The quantitative estimate of drug-likeness (QED) is 0.604. The number of benzene rings is 1. The minimum atomic E-state index is -0.244. The van der Waals surface area contributed by atoms with E-state index in [9.17, 15) is 9.59 Å². The number of piperazine rings is 1. The van der Waals surface area contributed by atoms with E-state index in [2.05, 4.69) is 29.6 Å². The molecule has 0 aromatic heterocycles. The zero-order chi connectivity index (χ0) is 17.6. The molecule has 0 aliphatic carbocycles. The molecule has 2 aliphatic heterocycles. The largest absolute Gasteiger partial charge is 0.336 e. The highest BCUT2D eigenvalue weighted by molar-refractivity contribution is 5.97. The van der Waals surface area contributed by atoms with Crippen molar-refractivity contribution in [1.82, 2.24) is 10.2 Å². The summed E-state index contributed by atoms with van der Waals surface area (Å²) in [5.41, 5.74) is 1.23. The maximum absolute atomic E-state index is 12.5. The number of hydrogen-bond donors (Lipinski definition) is 3. The van der Waals surface area contributed by atoms with Gasteiger partial charge in [-0.3, -0.25) is 9.69 Å². The highest BCUT2D eigenvalue weighted by Crippen LogP contribution is 2.00. The number of nitrogens with zero attached hydrogens (tertiary/aromatic N) is 1. The smallest absolute Gasteiger partial charge is 0.324 e. The molecule has 2 fully saturated rings. The van der Waals surface area contributed by atoms with Gasteiger partial charge in [0, 0.05) is 13.1 Å². The molecule has 1 aromatic carbocycles. The Morgan fingerprint density at radius 2 is 1.96 bits per heavy atom.